The molecule has 1 fully saturated rings. The molecule has 1 aliphatic carbocycles. The number of carbonyl (C=O) groups excluding carboxylic acids is 2. The van der Waals surface area contributed by atoms with Gasteiger partial charge < -0.3 is 5.32 Å². The van der Waals surface area contributed by atoms with Crippen molar-refractivity contribution in [1.82, 2.24) is 25.4 Å². The summed E-state index contributed by atoms with van der Waals surface area (Å²) in [5.41, 5.74) is 1.78. The van der Waals surface area contributed by atoms with E-state index in [4.69, 9.17) is 11.6 Å². The van der Waals surface area contributed by atoms with Crippen LogP contribution in [0.4, 0.5) is 4.79 Å². The van der Waals surface area contributed by atoms with Gasteiger partial charge in [0.05, 0.1) is 10.8 Å². The lowest BCUT2D eigenvalue weighted by molar-refractivity contribution is -0.117. The zero-order valence-corrected chi connectivity index (χ0v) is 19.0. The smallest absolute Gasteiger partial charge is 0.321 e. The normalized spacial score (nSPS) is 13.8. The van der Waals surface area contributed by atoms with Gasteiger partial charge in [0.25, 0.3) is 0 Å². The van der Waals surface area contributed by atoms with E-state index < -0.39 is 6.03 Å². The average molecular weight is 470 g/mol. The van der Waals surface area contributed by atoms with Gasteiger partial charge in [-0.3, -0.25) is 14.7 Å². The summed E-state index contributed by atoms with van der Waals surface area (Å²) in [7, 11) is 0. The van der Waals surface area contributed by atoms with Crippen molar-refractivity contribution in [2.45, 2.75) is 43.4 Å². The van der Waals surface area contributed by atoms with Crippen molar-refractivity contribution < 1.29 is 9.59 Å². The van der Waals surface area contributed by atoms with Crippen LogP contribution < -0.4 is 10.6 Å². The summed E-state index contributed by atoms with van der Waals surface area (Å²) in [4.78, 5) is 24.4. The van der Waals surface area contributed by atoms with Gasteiger partial charge in [-0.05, 0) is 30.5 Å². The number of rotatable bonds is 7. The molecule has 1 aromatic heterocycles. The van der Waals surface area contributed by atoms with Crippen molar-refractivity contribution in [2.75, 3.05) is 5.75 Å². The Hall–Kier alpha value is -2.84. The van der Waals surface area contributed by atoms with E-state index in [2.05, 4.69) is 25.4 Å². The number of imide groups is 1. The Bertz CT molecular complexity index is 1080. The summed E-state index contributed by atoms with van der Waals surface area (Å²) in [6, 6.07) is 16.8. The largest absolute Gasteiger partial charge is 0.334 e. The third kappa shape index (κ3) is 5.49. The highest BCUT2D eigenvalue weighted by Gasteiger charge is 2.26. The minimum atomic E-state index is -0.520. The highest BCUT2D eigenvalue weighted by molar-refractivity contribution is 7.99. The van der Waals surface area contributed by atoms with E-state index in [1.54, 1.807) is 0 Å². The average Bonchev–Trinajstić information content (AvgIpc) is 3.47. The third-order valence-electron chi connectivity index (χ3n) is 5.35. The predicted molar refractivity (Wildman–Crippen MR) is 126 cm³/mol. The van der Waals surface area contributed by atoms with Crippen LogP contribution in [0.15, 0.2) is 59.8 Å². The number of halogens is 1. The van der Waals surface area contributed by atoms with Crippen molar-refractivity contribution in [2.24, 2.45) is 0 Å². The number of nitrogens with zero attached hydrogens (tertiary/aromatic N) is 3. The quantitative estimate of drug-likeness (QED) is 0.484. The summed E-state index contributed by atoms with van der Waals surface area (Å²) in [6.45, 7) is 0.351. The van der Waals surface area contributed by atoms with Crippen molar-refractivity contribution in [3.63, 3.8) is 0 Å². The number of benzene rings is 2. The first-order valence-electron chi connectivity index (χ1n) is 10.6. The first-order chi connectivity index (χ1) is 15.6. The molecule has 1 saturated carbocycles. The minimum absolute atomic E-state index is 0.0616. The van der Waals surface area contributed by atoms with Gasteiger partial charge in [-0.15, -0.1) is 10.2 Å². The second-order valence-electron chi connectivity index (χ2n) is 7.60. The van der Waals surface area contributed by atoms with Gasteiger partial charge in [0.1, 0.15) is 0 Å². The van der Waals surface area contributed by atoms with Crippen LogP contribution in [-0.4, -0.2) is 32.5 Å². The van der Waals surface area contributed by atoms with Gasteiger partial charge in [0.15, 0.2) is 11.0 Å². The van der Waals surface area contributed by atoms with E-state index in [9.17, 15) is 9.59 Å². The topological polar surface area (TPSA) is 88.9 Å². The van der Waals surface area contributed by atoms with Crippen LogP contribution in [0.1, 0.15) is 37.3 Å². The number of carbonyl (C=O) groups is 2. The highest BCUT2D eigenvalue weighted by Crippen LogP contribution is 2.38. The van der Waals surface area contributed by atoms with E-state index >= 15 is 0 Å². The molecule has 3 aromatic rings. The van der Waals surface area contributed by atoms with Crippen molar-refractivity contribution >= 4 is 35.3 Å². The van der Waals surface area contributed by atoms with Gasteiger partial charge in [0, 0.05) is 18.2 Å². The molecule has 32 heavy (non-hydrogen) atoms. The van der Waals surface area contributed by atoms with Gasteiger partial charge in [-0.2, -0.15) is 0 Å². The zero-order chi connectivity index (χ0) is 22.3. The lowest BCUT2D eigenvalue weighted by Gasteiger charge is -2.17. The molecule has 4 rings (SSSR count). The molecule has 0 saturated heterocycles. The Labute approximate surface area is 196 Å². The third-order valence-corrected chi connectivity index (χ3v) is 6.62. The first kappa shape index (κ1) is 22.4. The van der Waals surface area contributed by atoms with Crippen LogP contribution in [-0.2, 0) is 11.3 Å². The Kier molecular flexibility index (Phi) is 7.44. The lowest BCUT2D eigenvalue weighted by Crippen LogP contribution is -2.40. The van der Waals surface area contributed by atoms with Crippen molar-refractivity contribution in [1.29, 1.82) is 0 Å². The zero-order valence-electron chi connectivity index (χ0n) is 17.5. The maximum atomic E-state index is 12.3. The molecule has 9 heteroatoms. The first-order valence-corrected chi connectivity index (χ1v) is 11.9. The summed E-state index contributed by atoms with van der Waals surface area (Å²) < 4.78 is 2.10. The second kappa shape index (κ2) is 10.7. The van der Waals surface area contributed by atoms with Gasteiger partial charge in [0.2, 0.25) is 5.91 Å². The molecule has 166 valence electrons. The van der Waals surface area contributed by atoms with Crippen LogP contribution in [0.3, 0.4) is 0 Å². The summed E-state index contributed by atoms with van der Waals surface area (Å²) >= 11 is 7.68. The van der Waals surface area contributed by atoms with Gasteiger partial charge >= 0.3 is 6.03 Å². The van der Waals surface area contributed by atoms with Gasteiger partial charge in [-0.25, -0.2) is 4.79 Å². The number of nitrogens with one attached hydrogen (secondary N) is 2. The number of hydrogen-bond donors (Lipinski definition) is 2. The standard InChI is InChI=1S/C23H24ClN5O2S/c24-19-13-7-6-12-18(19)21-27-28-23(29(21)17-10-4-5-11-17)32-15-20(30)26-22(31)25-14-16-8-2-1-3-9-16/h1-3,6-9,12-13,17H,4-5,10-11,14-15H2,(H2,25,26,30,31). The number of urea groups is 1. The highest BCUT2D eigenvalue weighted by atomic mass is 35.5. The van der Waals surface area contributed by atoms with E-state index in [0.29, 0.717) is 22.5 Å². The Morgan fingerprint density at radius 2 is 1.75 bits per heavy atom. The molecule has 0 bridgehead atoms. The predicted octanol–water partition coefficient (Wildman–Crippen LogP) is 4.83. The number of aromatic nitrogens is 3. The van der Waals surface area contributed by atoms with E-state index in [1.807, 2.05) is 54.6 Å². The van der Waals surface area contributed by atoms with Crippen LogP contribution in [0.5, 0.6) is 0 Å². The van der Waals surface area contributed by atoms with Crippen molar-refractivity contribution in [3.05, 3.63) is 65.2 Å². The van der Waals surface area contributed by atoms with E-state index in [1.165, 1.54) is 11.8 Å². The lowest BCUT2D eigenvalue weighted by atomic mass is 10.2. The van der Waals surface area contributed by atoms with Crippen LogP contribution in [0.2, 0.25) is 5.02 Å². The molecule has 0 radical (unpaired) electrons. The van der Waals surface area contributed by atoms with Crippen LogP contribution in [0.25, 0.3) is 11.4 Å². The SMILES string of the molecule is O=C(CSc1nnc(-c2ccccc2Cl)n1C1CCCC1)NC(=O)NCc1ccccc1. The maximum Gasteiger partial charge on any atom is 0.321 e. The van der Waals surface area contributed by atoms with Crippen molar-refractivity contribution in [3.8, 4) is 11.4 Å². The molecule has 0 unspecified atom stereocenters. The number of thioether (sulfide) groups is 1. The Balaban J connectivity index is 1.40. The Morgan fingerprint density at radius 3 is 2.50 bits per heavy atom. The second-order valence-corrected chi connectivity index (χ2v) is 8.95. The Morgan fingerprint density at radius 1 is 1.03 bits per heavy atom. The molecule has 7 nitrogen and oxygen atoms in total. The van der Waals surface area contributed by atoms with Crippen LogP contribution in [0, 0.1) is 0 Å². The molecule has 3 amide bonds. The molecule has 1 heterocycles. The maximum absolute atomic E-state index is 12.3. The summed E-state index contributed by atoms with van der Waals surface area (Å²) in [5.74, 6) is 0.387. The molecule has 1 aliphatic rings. The van der Waals surface area contributed by atoms with Crippen LogP contribution >= 0.6 is 23.4 Å². The molecule has 0 atom stereocenters. The summed E-state index contributed by atoms with van der Waals surface area (Å²) in [6.07, 6.45) is 4.38. The molecular formula is C23H24ClN5O2S. The molecule has 2 N–H and O–H groups in total. The molecule has 0 spiro atoms. The molecular weight excluding hydrogens is 446 g/mol. The summed E-state index contributed by atoms with van der Waals surface area (Å²) in [5, 5.41) is 15.1. The monoisotopic (exact) mass is 469 g/mol. The van der Waals surface area contributed by atoms with Gasteiger partial charge in [-0.1, -0.05) is 78.7 Å². The fraction of sp³-hybridized carbons (Fsp3) is 0.304. The molecule has 2 aromatic carbocycles. The van der Waals surface area contributed by atoms with E-state index in [0.717, 1.165) is 36.8 Å². The fourth-order valence-electron chi connectivity index (χ4n) is 3.81. The van der Waals surface area contributed by atoms with E-state index in [-0.39, 0.29) is 17.7 Å². The number of hydrogen-bond acceptors (Lipinski definition) is 5. The fourth-order valence-corrected chi connectivity index (χ4v) is 4.83. The minimum Gasteiger partial charge on any atom is -0.334 e. The molecule has 0 aliphatic heterocycles. The number of amides is 3.